The van der Waals surface area contributed by atoms with Gasteiger partial charge in [0, 0.05) is 18.7 Å². The van der Waals surface area contributed by atoms with Gasteiger partial charge in [-0.2, -0.15) is 0 Å². The minimum atomic E-state index is -0.603. The highest BCUT2D eigenvalue weighted by Gasteiger charge is 2.21. The third-order valence-corrected chi connectivity index (χ3v) is 4.99. The molecule has 3 aromatic heterocycles. The first-order chi connectivity index (χ1) is 15.3. The number of benzene rings is 1. The monoisotopic (exact) mass is 436 g/mol. The standard InChI is InChI=1S/C23H21FN4O4/c1-12-10-16(14(3)31-12)19-11-17(20-13(2)28-32-23(20)27-19)22(30)26-9-8-25-21(29)15-6-4-5-7-18(15)24/h4-7,10-11H,8-9H2,1-3H3,(H,25,29)(H,26,30). The third-order valence-electron chi connectivity index (χ3n) is 4.99. The summed E-state index contributed by atoms with van der Waals surface area (Å²) in [6.45, 7) is 5.65. The molecule has 0 aliphatic rings. The number of hydrogen-bond acceptors (Lipinski definition) is 6. The van der Waals surface area contributed by atoms with E-state index < -0.39 is 11.7 Å². The van der Waals surface area contributed by atoms with Gasteiger partial charge in [-0.1, -0.05) is 17.3 Å². The van der Waals surface area contributed by atoms with Crippen molar-refractivity contribution in [2.75, 3.05) is 13.1 Å². The van der Waals surface area contributed by atoms with Crippen LogP contribution in [0.25, 0.3) is 22.4 Å². The Labute approximate surface area is 182 Å². The van der Waals surface area contributed by atoms with Crippen LogP contribution in [0.4, 0.5) is 4.39 Å². The number of hydrogen-bond donors (Lipinski definition) is 2. The van der Waals surface area contributed by atoms with Crippen molar-refractivity contribution in [1.82, 2.24) is 20.8 Å². The Kier molecular flexibility index (Phi) is 5.72. The number of pyridine rings is 1. The minimum Gasteiger partial charge on any atom is -0.466 e. The van der Waals surface area contributed by atoms with E-state index in [4.69, 9.17) is 8.94 Å². The van der Waals surface area contributed by atoms with E-state index in [0.717, 1.165) is 11.3 Å². The first-order valence-corrected chi connectivity index (χ1v) is 10.0. The summed E-state index contributed by atoms with van der Waals surface area (Å²) in [6.07, 6.45) is 0. The molecule has 3 heterocycles. The normalized spacial score (nSPS) is 11.0. The molecule has 2 amide bonds. The van der Waals surface area contributed by atoms with E-state index >= 15 is 0 Å². The molecule has 0 aliphatic carbocycles. The van der Waals surface area contributed by atoms with Gasteiger partial charge in [0.05, 0.1) is 27.9 Å². The van der Waals surface area contributed by atoms with Crippen molar-refractivity contribution in [2.24, 2.45) is 0 Å². The van der Waals surface area contributed by atoms with E-state index in [1.54, 1.807) is 19.1 Å². The summed E-state index contributed by atoms with van der Waals surface area (Å²) in [5, 5.41) is 9.79. The molecule has 4 aromatic rings. The van der Waals surface area contributed by atoms with Crippen LogP contribution in [-0.2, 0) is 0 Å². The molecule has 0 spiro atoms. The first-order valence-electron chi connectivity index (χ1n) is 10.0. The second-order valence-electron chi connectivity index (χ2n) is 7.32. The molecule has 0 unspecified atom stereocenters. The molecule has 0 saturated heterocycles. The number of aromatic nitrogens is 2. The van der Waals surface area contributed by atoms with Crippen LogP contribution in [0, 0.1) is 26.6 Å². The smallest absolute Gasteiger partial charge is 0.259 e. The Balaban J connectivity index is 1.50. The lowest BCUT2D eigenvalue weighted by Gasteiger charge is -2.09. The summed E-state index contributed by atoms with van der Waals surface area (Å²) in [4.78, 5) is 29.5. The summed E-state index contributed by atoms with van der Waals surface area (Å²) in [6, 6.07) is 9.20. The van der Waals surface area contributed by atoms with Crippen LogP contribution in [-0.4, -0.2) is 35.0 Å². The van der Waals surface area contributed by atoms with Gasteiger partial charge >= 0.3 is 0 Å². The van der Waals surface area contributed by atoms with Gasteiger partial charge in [-0.3, -0.25) is 9.59 Å². The molecule has 9 heteroatoms. The van der Waals surface area contributed by atoms with Crippen molar-refractivity contribution >= 4 is 22.9 Å². The predicted molar refractivity (Wildman–Crippen MR) is 115 cm³/mol. The van der Waals surface area contributed by atoms with Crippen LogP contribution < -0.4 is 10.6 Å². The highest BCUT2D eigenvalue weighted by atomic mass is 19.1. The van der Waals surface area contributed by atoms with Crippen molar-refractivity contribution in [1.29, 1.82) is 0 Å². The van der Waals surface area contributed by atoms with Crippen LogP contribution >= 0.6 is 0 Å². The van der Waals surface area contributed by atoms with Gasteiger partial charge in [-0.25, -0.2) is 9.37 Å². The average Bonchev–Trinajstić information content (AvgIpc) is 3.31. The zero-order valence-corrected chi connectivity index (χ0v) is 17.8. The van der Waals surface area contributed by atoms with Crippen LogP contribution in [0.2, 0.25) is 0 Å². The van der Waals surface area contributed by atoms with Crippen molar-refractivity contribution in [3.8, 4) is 11.3 Å². The lowest BCUT2D eigenvalue weighted by atomic mass is 10.1. The van der Waals surface area contributed by atoms with Gasteiger partial charge in [0.25, 0.3) is 17.5 Å². The Morgan fingerprint density at radius 3 is 2.34 bits per heavy atom. The van der Waals surface area contributed by atoms with E-state index in [1.807, 2.05) is 19.9 Å². The maximum atomic E-state index is 13.7. The van der Waals surface area contributed by atoms with Gasteiger partial charge in [-0.05, 0) is 45.0 Å². The Morgan fingerprint density at radius 1 is 1.00 bits per heavy atom. The summed E-state index contributed by atoms with van der Waals surface area (Å²) in [7, 11) is 0. The Morgan fingerprint density at radius 2 is 1.69 bits per heavy atom. The van der Waals surface area contributed by atoms with E-state index in [2.05, 4.69) is 20.8 Å². The fourth-order valence-electron chi connectivity index (χ4n) is 3.48. The molecule has 0 bridgehead atoms. The van der Waals surface area contributed by atoms with E-state index in [0.29, 0.717) is 28.1 Å². The molecular weight excluding hydrogens is 415 g/mol. The molecule has 0 saturated carbocycles. The molecule has 32 heavy (non-hydrogen) atoms. The second-order valence-corrected chi connectivity index (χ2v) is 7.32. The molecule has 0 fully saturated rings. The summed E-state index contributed by atoms with van der Waals surface area (Å²) < 4.78 is 24.6. The number of rotatable bonds is 6. The number of nitrogens with zero attached hydrogens (tertiary/aromatic N) is 2. The van der Waals surface area contributed by atoms with Gasteiger partial charge in [0.1, 0.15) is 17.3 Å². The molecule has 1 aromatic carbocycles. The van der Waals surface area contributed by atoms with Crippen molar-refractivity contribution in [3.05, 3.63) is 70.6 Å². The molecule has 0 radical (unpaired) electrons. The topological polar surface area (TPSA) is 110 Å². The number of aryl methyl sites for hydroxylation is 3. The van der Waals surface area contributed by atoms with Crippen molar-refractivity contribution in [2.45, 2.75) is 20.8 Å². The zero-order valence-electron chi connectivity index (χ0n) is 17.8. The third kappa shape index (κ3) is 4.09. The number of fused-ring (bicyclic) bond motifs is 1. The molecule has 164 valence electrons. The number of nitrogens with one attached hydrogen (secondary N) is 2. The second kappa shape index (κ2) is 8.62. The largest absolute Gasteiger partial charge is 0.466 e. The molecular formula is C23H21FN4O4. The average molecular weight is 436 g/mol. The van der Waals surface area contributed by atoms with Gasteiger partial charge in [0.15, 0.2) is 0 Å². The van der Waals surface area contributed by atoms with Gasteiger partial charge in [-0.15, -0.1) is 0 Å². The molecule has 2 N–H and O–H groups in total. The van der Waals surface area contributed by atoms with Crippen LogP contribution in [0.1, 0.15) is 37.9 Å². The van der Waals surface area contributed by atoms with E-state index in [9.17, 15) is 14.0 Å². The maximum Gasteiger partial charge on any atom is 0.259 e. The number of halogens is 1. The van der Waals surface area contributed by atoms with Gasteiger partial charge in [0.2, 0.25) is 0 Å². The lowest BCUT2D eigenvalue weighted by Crippen LogP contribution is -2.35. The Bertz CT molecular complexity index is 1330. The predicted octanol–water partition coefficient (Wildman–Crippen LogP) is 3.71. The van der Waals surface area contributed by atoms with Gasteiger partial charge < -0.3 is 19.6 Å². The fraction of sp³-hybridized carbons (Fsp3) is 0.217. The number of amides is 2. The van der Waals surface area contributed by atoms with Crippen LogP contribution in [0.15, 0.2) is 45.3 Å². The number of carbonyl (C=O) groups excluding carboxylic acids is 2. The van der Waals surface area contributed by atoms with Crippen LogP contribution in [0.5, 0.6) is 0 Å². The van der Waals surface area contributed by atoms with Crippen LogP contribution in [0.3, 0.4) is 0 Å². The highest BCUT2D eigenvalue weighted by molar-refractivity contribution is 6.07. The summed E-state index contributed by atoms with van der Waals surface area (Å²) in [5.74, 6) is -0.124. The zero-order chi connectivity index (χ0) is 22.8. The molecule has 4 rings (SSSR count). The highest BCUT2D eigenvalue weighted by Crippen LogP contribution is 2.30. The Hall–Kier alpha value is -4.01. The number of furan rings is 1. The summed E-state index contributed by atoms with van der Waals surface area (Å²) in [5.41, 5.74) is 2.37. The van der Waals surface area contributed by atoms with E-state index in [1.165, 1.54) is 18.2 Å². The first kappa shape index (κ1) is 21.2. The molecule has 8 nitrogen and oxygen atoms in total. The quantitative estimate of drug-likeness (QED) is 0.446. The summed E-state index contributed by atoms with van der Waals surface area (Å²) >= 11 is 0. The number of carbonyl (C=O) groups is 2. The minimum absolute atomic E-state index is 0.0508. The maximum absolute atomic E-state index is 13.7. The van der Waals surface area contributed by atoms with Crippen molar-refractivity contribution in [3.63, 3.8) is 0 Å². The lowest BCUT2D eigenvalue weighted by molar-refractivity contribution is 0.0926. The van der Waals surface area contributed by atoms with E-state index in [-0.39, 0.29) is 30.3 Å². The fourth-order valence-corrected chi connectivity index (χ4v) is 3.48. The molecule has 0 aliphatic heterocycles. The SMILES string of the molecule is Cc1cc(-c2cc(C(=O)NCCNC(=O)c3ccccc3F)c3c(C)noc3n2)c(C)o1. The molecule has 0 atom stereocenters. The van der Waals surface area contributed by atoms with Crippen molar-refractivity contribution < 1.29 is 22.9 Å².